The fourth-order valence-corrected chi connectivity index (χ4v) is 3.32. The molecule has 1 saturated heterocycles. The maximum atomic E-state index is 12.7. The normalized spacial score (nSPS) is 18.5. The number of benzene rings is 2. The summed E-state index contributed by atoms with van der Waals surface area (Å²) in [5.74, 6) is -2.41. The predicted octanol–water partition coefficient (Wildman–Crippen LogP) is 2.66. The molecule has 1 amide bonds. The summed E-state index contributed by atoms with van der Waals surface area (Å²) >= 11 is 5.84. The van der Waals surface area contributed by atoms with E-state index in [1.165, 1.54) is 48.5 Å². The molecule has 1 aliphatic rings. The number of nitro benzene ring substituents is 1. The number of nitro groups is 1. The first-order valence-electron chi connectivity index (χ1n) is 8.25. The number of likely N-dealkylation sites (tertiary alicyclic amines) is 1. The van der Waals surface area contributed by atoms with Crippen molar-refractivity contribution in [2.24, 2.45) is 0 Å². The number of carbonyl (C=O) groups is 2. The predicted molar refractivity (Wildman–Crippen MR) is 101 cm³/mol. The lowest BCUT2D eigenvalue weighted by Crippen LogP contribution is -2.32. The minimum atomic E-state index is -1.20. The van der Waals surface area contributed by atoms with Gasteiger partial charge in [0.05, 0.1) is 28.7 Å². The van der Waals surface area contributed by atoms with Gasteiger partial charge in [0.15, 0.2) is 0 Å². The Morgan fingerprint density at radius 1 is 1.14 bits per heavy atom. The molecule has 0 bridgehead atoms. The van der Waals surface area contributed by atoms with Crippen LogP contribution in [-0.4, -0.2) is 44.9 Å². The highest BCUT2D eigenvalue weighted by molar-refractivity contribution is 6.46. The van der Waals surface area contributed by atoms with Crippen molar-refractivity contribution in [3.8, 4) is 0 Å². The molecule has 0 aliphatic carbocycles. The molecule has 0 saturated carbocycles. The molecule has 2 aromatic rings. The van der Waals surface area contributed by atoms with E-state index in [0.29, 0.717) is 5.02 Å². The van der Waals surface area contributed by atoms with E-state index in [4.69, 9.17) is 11.6 Å². The van der Waals surface area contributed by atoms with E-state index in [1.54, 1.807) is 0 Å². The Bertz CT molecular complexity index is 986. The maximum Gasteiger partial charge on any atom is 0.295 e. The second-order valence-corrected chi connectivity index (χ2v) is 6.48. The summed E-state index contributed by atoms with van der Waals surface area (Å²) in [7, 11) is 0. The van der Waals surface area contributed by atoms with Gasteiger partial charge in [0.2, 0.25) is 0 Å². The quantitative estimate of drug-likeness (QED) is 0.261. The molecule has 0 spiro atoms. The zero-order valence-electron chi connectivity index (χ0n) is 14.4. The highest BCUT2D eigenvalue weighted by atomic mass is 35.5. The van der Waals surface area contributed by atoms with Crippen LogP contribution in [0.1, 0.15) is 17.2 Å². The Morgan fingerprint density at radius 3 is 2.39 bits per heavy atom. The number of halogens is 1. The number of Topliss-reactive ketones (excluding diaryl/α,β-unsaturated/α-hetero) is 1. The van der Waals surface area contributed by atoms with Gasteiger partial charge in [0, 0.05) is 23.2 Å². The van der Waals surface area contributed by atoms with Gasteiger partial charge in [0.25, 0.3) is 17.4 Å². The summed E-state index contributed by atoms with van der Waals surface area (Å²) in [6.45, 7) is -0.677. The van der Waals surface area contributed by atoms with E-state index in [2.05, 4.69) is 0 Å². The molecule has 144 valence electrons. The monoisotopic (exact) mass is 402 g/mol. The Hall–Kier alpha value is -3.23. The van der Waals surface area contributed by atoms with Crippen molar-refractivity contribution in [1.29, 1.82) is 0 Å². The van der Waals surface area contributed by atoms with Crippen LogP contribution in [0.25, 0.3) is 5.76 Å². The number of nitrogens with zero attached hydrogens (tertiary/aromatic N) is 2. The maximum absolute atomic E-state index is 12.7. The lowest BCUT2D eigenvalue weighted by Gasteiger charge is -2.24. The van der Waals surface area contributed by atoms with E-state index in [9.17, 15) is 29.9 Å². The van der Waals surface area contributed by atoms with Crippen molar-refractivity contribution < 1.29 is 24.7 Å². The first-order chi connectivity index (χ1) is 13.4. The topological polar surface area (TPSA) is 121 Å². The van der Waals surface area contributed by atoms with Crippen molar-refractivity contribution in [3.05, 3.63) is 80.4 Å². The van der Waals surface area contributed by atoms with Crippen LogP contribution in [0.3, 0.4) is 0 Å². The van der Waals surface area contributed by atoms with Crippen molar-refractivity contribution in [2.45, 2.75) is 6.04 Å². The zero-order chi connectivity index (χ0) is 20.4. The minimum absolute atomic E-state index is 0.0654. The number of ketones is 1. The number of hydrogen-bond acceptors (Lipinski definition) is 6. The van der Waals surface area contributed by atoms with Gasteiger partial charge in [0.1, 0.15) is 5.76 Å². The highest BCUT2D eigenvalue weighted by Crippen LogP contribution is 2.42. The molecular weight excluding hydrogens is 388 g/mol. The van der Waals surface area contributed by atoms with Crippen LogP contribution < -0.4 is 0 Å². The van der Waals surface area contributed by atoms with Crippen LogP contribution in [0.5, 0.6) is 0 Å². The molecular formula is C19H15ClN2O6. The van der Waals surface area contributed by atoms with Crippen LogP contribution in [0, 0.1) is 10.1 Å². The standard InChI is InChI=1S/C19H15ClN2O6/c20-12-7-5-11(6-8-12)17(24)15-16(21(9-10-23)19(26)18(15)25)13-3-1-2-4-14(13)22(27)28/h1-8,16,23-24H,9-10H2/t16-/m0/s1. The summed E-state index contributed by atoms with van der Waals surface area (Å²) in [5, 5.41) is 31.9. The molecule has 1 fully saturated rings. The first-order valence-corrected chi connectivity index (χ1v) is 8.63. The molecule has 1 heterocycles. The number of rotatable bonds is 5. The minimum Gasteiger partial charge on any atom is -0.507 e. The second-order valence-electron chi connectivity index (χ2n) is 6.04. The van der Waals surface area contributed by atoms with Gasteiger partial charge in [-0.15, -0.1) is 0 Å². The summed E-state index contributed by atoms with van der Waals surface area (Å²) < 4.78 is 0. The van der Waals surface area contributed by atoms with E-state index in [1.807, 2.05) is 0 Å². The molecule has 8 nitrogen and oxygen atoms in total. The first kappa shape index (κ1) is 19.5. The van der Waals surface area contributed by atoms with Gasteiger partial charge in [-0.05, 0) is 30.3 Å². The van der Waals surface area contributed by atoms with Crippen molar-refractivity contribution in [3.63, 3.8) is 0 Å². The third kappa shape index (κ3) is 3.35. The molecule has 28 heavy (non-hydrogen) atoms. The summed E-state index contributed by atoms with van der Waals surface area (Å²) in [6.07, 6.45) is 0. The summed E-state index contributed by atoms with van der Waals surface area (Å²) in [5.41, 5.74) is -0.292. The summed E-state index contributed by atoms with van der Waals surface area (Å²) in [4.78, 5) is 37.0. The Morgan fingerprint density at radius 2 is 1.79 bits per heavy atom. The zero-order valence-corrected chi connectivity index (χ0v) is 15.2. The summed E-state index contributed by atoms with van der Waals surface area (Å²) in [6, 6.07) is 10.4. The smallest absolute Gasteiger partial charge is 0.295 e. The number of aliphatic hydroxyl groups is 2. The molecule has 2 aromatic carbocycles. The molecule has 2 N–H and O–H groups in total. The number of carbonyl (C=O) groups excluding carboxylic acids is 2. The Labute approximate surface area is 164 Å². The number of para-hydroxylation sites is 1. The van der Waals surface area contributed by atoms with Gasteiger partial charge >= 0.3 is 0 Å². The van der Waals surface area contributed by atoms with E-state index in [-0.39, 0.29) is 28.9 Å². The lowest BCUT2D eigenvalue weighted by molar-refractivity contribution is -0.385. The lowest BCUT2D eigenvalue weighted by atomic mass is 9.94. The van der Waals surface area contributed by atoms with Crippen LogP contribution in [0.2, 0.25) is 5.02 Å². The number of hydrogen-bond donors (Lipinski definition) is 2. The number of β-amino-alcohol motifs (C(OH)–C–C–N with tert-alkyl or cyclic N) is 1. The van der Waals surface area contributed by atoms with Crippen molar-refractivity contribution in [2.75, 3.05) is 13.2 Å². The van der Waals surface area contributed by atoms with Crippen molar-refractivity contribution >= 4 is 34.7 Å². The molecule has 0 radical (unpaired) electrons. The third-order valence-corrected chi connectivity index (χ3v) is 4.68. The number of amides is 1. The fraction of sp³-hybridized carbons (Fsp3) is 0.158. The van der Waals surface area contributed by atoms with Crippen LogP contribution in [0.15, 0.2) is 54.1 Å². The van der Waals surface area contributed by atoms with Crippen LogP contribution >= 0.6 is 11.6 Å². The molecule has 9 heteroatoms. The third-order valence-electron chi connectivity index (χ3n) is 4.43. The van der Waals surface area contributed by atoms with Gasteiger partial charge < -0.3 is 15.1 Å². The molecule has 1 atom stereocenters. The number of aliphatic hydroxyl groups excluding tert-OH is 2. The largest absolute Gasteiger partial charge is 0.507 e. The van der Waals surface area contributed by atoms with Crippen molar-refractivity contribution in [1.82, 2.24) is 4.90 Å². The average Bonchev–Trinajstić information content (AvgIpc) is 2.93. The SMILES string of the molecule is O=C1C(=O)N(CCO)[C@@H](c2ccccc2[N+](=O)[O-])C1=C(O)c1ccc(Cl)cc1. The fourth-order valence-electron chi connectivity index (χ4n) is 3.19. The molecule has 1 aliphatic heterocycles. The van der Waals surface area contributed by atoms with E-state index >= 15 is 0 Å². The van der Waals surface area contributed by atoms with E-state index < -0.39 is 35.0 Å². The highest BCUT2D eigenvalue weighted by Gasteiger charge is 2.47. The molecule has 3 rings (SSSR count). The molecule has 0 unspecified atom stereocenters. The average molecular weight is 403 g/mol. The van der Waals surface area contributed by atoms with Gasteiger partial charge in [-0.25, -0.2) is 0 Å². The Kier molecular flexibility index (Phi) is 5.43. The van der Waals surface area contributed by atoms with Gasteiger partial charge in [-0.1, -0.05) is 23.7 Å². The Balaban J connectivity index is 2.26. The van der Waals surface area contributed by atoms with Crippen LogP contribution in [-0.2, 0) is 9.59 Å². The molecule has 0 aromatic heterocycles. The van der Waals surface area contributed by atoms with Gasteiger partial charge in [-0.3, -0.25) is 19.7 Å². The van der Waals surface area contributed by atoms with Gasteiger partial charge in [-0.2, -0.15) is 0 Å². The second kappa shape index (κ2) is 7.79. The van der Waals surface area contributed by atoms with E-state index in [0.717, 1.165) is 4.90 Å². The van der Waals surface area contributed by atoms with Crippen LogP contribution in [0.4, 0.5) is 5.69 Å².